The van der Waals surface area contributed by atoms with Crippen molar-refractivity contribution in [2.75, 3.05) is 0 Å². The molecule has 3 aromatic heterocycles. The Bertz CT molecular complexity index is 2750. The van der Waals surface area contributed by atoms with E-state index in [1.807, 2.05) is 0 Å². The summed E-state index contributed by atoms with van der Waals surface area (Å²) >= 11 is 0. The fourth-order valence-electron chi connectivity index (χ4n) is 8.80. The molecule has 9 rings (SSSR count). The van der Waals surface area contributed by atoms with Crippen molar-refractivity contribution >= 4 is 43.6 Å². The van der Waals surface area contributed by atoms with Gasteiger partial charge in [0.2, 0.25) is 0 Å². The van der Waals surface area contributed by atoms with Crippen LogP contribution in [0.25, 0.3) is 88.6 Å². The van der Waals surface area contributed by atoms with Crippen LogP contribution in [0, 0.1) is 41.5 Å². The van der Waals surface area contributed by atoms with Crippen LogP contribution in [-0.2, 0) is 14.1 Å². The predicted octanol–water partition coefficient (Wildman–Crippen LogP) is 11.2. The van der Waals surface area contributed by atoms with Gasteiger partial charge in [-0.1, -0.05) is 84.9 Å². The van der Waals surface area contributed by atoms with Gasteiger partial charge in [-0.3, -0.25) is 0 Å². The lowest BCUT2D eigenvalue weighted by molar-refractivity contribution is 1.000. The summed E-state index contributed by atoms with van der Waals surface area (Å²) in [5.41, 5.74) is 21.0. The molecule has 2 aliphatic heterocycles. The molecule has 0 atom stereocenters. The maximum Gasteiger partial charge on any atom is 0.0766 e. The fourth-order valence-corrected chi connectivity index (χ4v) is 8.80. The summed E-state index contributed by atoms with van der Waals surface area (Å²) in [6.45, 7) is 13.5. The fraction of sp³-hybridized carbons (Fsp3) is 0.182. The van der Waals surface area contributed by atoms with Crippen molar-refractivity contribution in [3.05, 3.63) is 118 Å². The summed E-state index contributed by atoms with van der Waals surface area (Å²) in [6.07, 6.45) is 0. The van der Waals surface area contributed by atoms with Crippen molar-refractivity contribution in [2.45, 2.75) is 41.5 Å². The van der Waals surface area contributed by atoms with Crippen LogP contribution in [0.15, 0.2) is 84.9 Å². The maximum absolute atomic E-state index is 5.56. The maximum atomic E-state index is 5.56. The van der Waals surface area contributed by atoms with Crippen LogP contribution in [0.1, 0.15) is 33.4 Å². The van der Waals surface area contributed by atoms with E-state index in [4.69, 9.17) is 9.97 Å². The van der Waals surface area contributed by atoms with Gasteiger partial charge >= 0.3 is 0 Å². The number of aromatic nitrogens is 4. The Balaban J connectivity index is 1.65. The van der Waals surface area contributed by atoms with Crippen LogP contribution in [0.3, 0.4) is 0 Å². The first-order valence-corrected chi connectivity index (χ1v) is 16.8. The molecule has 2 aliphatic rings. The van der Waals surface area contributed by atoms with E-state index in [2.05, 4.69) is 150 Å². The van der Waals surface area contributed by atoms with E-state index in [0.717, 1.165) is 22.8 Å². The zero-order chi connectivity index (χ0) is 33.2. The highest BCUT2D eigenvalue weighted by molar-refractivity contribution is 6.15. The lowest BCUT2D eigenvalue weighted by Crippen LogP contribution is -1.94. The number of aryl methyl sites for hydroxylation is 8. The number of benzene rings is 4. The van der Waals surface area contributed by atoms with Crippen LogP contribution in [0.4, 0.5) is 0 Å². The summed E-state index contributed by atoms with van der Waals surface area (Å²) in [5.74, 6) is 0. The zero-order valence-electron chi connectivity index (χ0n) is 28.9. The van der Waals surface area contributed by atoms with Crippen LogP contribution >= 0.6 is 0 Å². The van der Waals surface area contributed by atoms with Crippen molar-refractivity contribution in [1.29, 1.82) is 0 Å². The van der Waals surface area contributed by atoms with Gasteiger partial charge in [0.25, 0.3) is 0 Å². The summed E-state index contributed by atoms with van der Waals surface area (Å²) in [5, 5.41) is 5.00. The first kappa shape index (κ1) is 28.7. The normalized spacial score (nSPS) is 12.2. The van der Waals surface area contributed by atoms with E-state index in [9.17, 15) is 0 Å². The van der Waals surface area contributed by atoms with Gasteiger partial charge in [0.05, 0.1) is 44.8 Å². The number of nitrogens with zero attached hydrogens (tertiary/aromatic N) is 4. The summed E-state index contributed by atoms with van der Waals surface area (Å²) < 4.78 is 4.79. The molecule has 7 aromatic rings. The molecule has 0 amide bonds. The van der Waals surface area contributed by atoms with Gasteiger partial charge < -0.3 is 9.13 Å². The molecule has 4 aromatic carbocycles. The Labute approximate surface area is 281 Å². The van der Waals surface area contributed by atoms with Gasteiger partial charge in [-0.2, -0.15) is 0 Å². The summed E-state index contributed by atoms with van der Waals surface area (Å²) in [7, 11) is 4.43. The van der Waals surface area contributed by atoms with Gasteiger partial charge in [-0.25, -0.2) is 9.97 Å². The molecule has 4 nitrogen and oxygen atoms in total. The van der Waals surface area contributed by atoms with Crippen molar-refractivity contribution in [3.63, 3.8) is 0 Å². The van der Waals surface area contributed by atoms with Crippen molar-refractivity contribution in [1.82, 2.24) is 19.1 Å². The quantitative estimate of drug-likeness (QED) is 0.169. The zero-order valence-corrected chi connectivity index (χ0v) is 28.9. The highest BCUT2D eigenvalue weighted by Gasteiger charge is 2.26. The topological polar surface area (TPSA) is 35.6 Å². The Morgan fingerprint density at radius 1 is 0.375 bits per heavy atom. The van der Waals surface area contributed by atoms with Crippen LogP contribution in [0.5, 0.6) is 0 Å². The van der Waals surface area contributed by atoms with Gasteiger partial charge in [-0.05, 0) is 74.9 Å². The third kappa shape index (κ3) is 3.60. The molecule has 0 unspecified atom stereocenters. The van der Waals surface area contributed by atoms with Gasteiger partial charge in [0.15, 0.2) is 0 Å². The molecule has 0 saturated carbocycles. The minimum absolute atomic E-state index is 1.04. The highest BCUT2D eigenvalue weighted by atomic mass is 15.0. The number of fused-ring (bicyclic) bond motifs is 20. The molecule has 48 heavy (non-hydrogen) atoms. The molecule has 0 fully saturated rings. The lowest BCUT2D eigenvalue weighted by atomic mass is 9.97. The van der Waals surface area contributed by atoms with E-state index in [-0.39, 0.29) is 0 Å². The monoisotopic (exact) mass is 622 g/mol. The molecule has 5 heterocycles. The average Bonchev–Trinajstić information content (AvgIpc) is 3.83. The molecule has 0 radical (unpaired) electrons. The first-order valence-electron chi connectivity index (χ1n) is 16.8. The molecular formula is C44H38N4. The SMILES string of the molecule is Cc1ccc2c(c1C)c1c(C)c3nc(c(C)c4c5ccccc5c(c(C)c5nc(c(C)c2n1C)-c1ccccc1-5)n4C)-c1ccccc1-3. The summed E-state index contributed by atoms with van der Waals surface area (Å²) in [6, 6.07) is 30.9. The third-order valence-corrected chi connectivity index (χ3v) is 11.2. The first-order chi connectivity index (χ1) is 23.2. The van der Waals surface area contributed by atoms with E-state index in [1.165, 1.54) is 99.2 Å². The molecular weight excluding hydrogens is 585 g/mol. The van der Waals surface area contributed by atoms with E-state index in [1.54, 1.807) is 0 Å². The standard InChI is InChI=1S/C44H38N4/c1-23-21-22-35-36(24(23)2)44-28(6)40-32-18-12-11-17-31(32)38(46-40)26(4)42-34-20-14-13-19-33(34)41(47(42)7)25(3)37-29-15-9-10-16-30(29)39(45-37)27(5)43(35)48(44)8/h9-22H,1-8H3. The van der Waals surface area contributed by atoms with Crippen LogP contribution in [0.2, 0.25) is 0 Å². The molecule has 4 heteroatoms. The van der Waals surface area contributed by atoms with Crippen LogP contribution in [-0.4, -0.2) is 19.1 Å². The molecule has 8 bridgehead atoms. The number of rotatable bonds is 0. The van der Waals surface area contributed by atoms with Gasteiger partial charge in [0, 0.05) is 57.9 Å². The number of hydrogen-bond donors (Lipinski definition) is 0. The molecule has 0 aliphatic carbocycles. The number of hydrogen-bond acceptors (Lipinski definition) is 2. The van der Waals surface area contributed by atoms with E-state index < -0.39 is 0 Å². The van der Waals surface area contributed by atoms with Crippen molar-refractivity contribution < 1.29 is 0 Å². The summed E-state index contributed by atoms with van der Waals surface area (Å²) in [4.78, 5) is 11.1. The lowest BCUT2D eigenvalue weighted by Gasteiger charge is -2.07. The Morgan fingerprint density at radius 2 is 0.729 bits per heavy atom. The Kier molecular flexibility index (Phi) is 5.99. The molecule has 0 N–H and O–H groups in total. The van der Waals surface area contributed by atoms with E-state index >= 15 is 0 Å². The minimum Gasteiger partial charge on any atom is -0.343 e. The van der Waals surface area contributed by atoms with Crippen molar-refractivity contribution in [2.24, 2.45) is 14.1 Å². The second kappa shape index (κ2) is 10.0. The van der Waals surface area contributed by atoms with Gasteiger partial charge in [0.1, 0.15) is 0 Å². The third-order valence-electron chi connectivity index (χ3n) is 11.2. The molecule has 234 valence electrons. The van der Waals surface area contributed by atoms with Gasteiger partial charge in [-0.15, -0.1) is 0 Å². The van der Waals surface area contributed by atoms with Crippen LogP contribution < -0.4 is 0 Å². The van der Waals surface area contributed by atoms with Crippen molar-refractivity contribution in [3.8, 4) is 45.0 Å². The van der Waals surface area contributed by atoms with E-state index in [0.29, 0.717) is 0 Å². The molecule has 0 spiro atoms. The minimum atomic E-state index is 1.04. The Hall–Kier alpha value is -5.48. The predicted molar refractivity (Wildman–Crippen MR) is 203 cm³/mol. The second-order valence-corrected chi connectivity index (χ2v) is 13.7. The largest absolute Gasteiger partial charge is 0.343 e. The Morgan fingerprint density at radius 3 is 1.17 bits per heavy atom. The highest BCUT2D eigenvalue weighted by Crippen LogP contribution is 2.46. The smallest absolute Gasteiger partial charge is 0.0766 e. The second-order valence-electron chi connectivity index (χ2n) is 13.7. The average molecular weight is 623 g/mol. The molecule has 0 saturated heterocycles.